The number of hydrogen-bond donors (Lipinski definition) is 1. The molecule has 0 spiro atoms. The van der Waals surface area contributed by atoms with Crippen molar-refractivity contribution in [3.05, 3.63) is 59.3 Å². The maximum absolute atomic E-state index is 13.0. The largest absolute Gasteiger partial charge is 0.354 e. The highest BCUT2D eigenvalue weighted by Gasteiger charge is 2.51. The van der Waals surface area contributed by atoms with Gasteiger partial charge in [0.1, 0.15) is 5.82 Å². The quantitative estimate of drug-likeness (QED) is 0.771. The van der Waals surface area contributed by atoms with Gasteiger partial charge in [-0.05, 0) is 47.6 Å². The third-order valence-corrected chi connectivity index (χ3v) is 6.89. The van der Waals surface area contributed by atoms with Crippen LogP contribution in [0.25, 0.3) is 0 Å². The predicted molar refractivity (Wildman–Crippen MR) is 126 cm³/mol. The molecule has 4 rings (SSSR count). The average Bonchev–Trinajstić information content (AvgIpc) is 3.60. The molecule has 1 aliphatic heterocycles. The van der Waals surface area contributed by atoms with Gasteiger partial charge in [-0.2, -0.15) is 0 Å². The zero-order valence-corrected chi connectivity index (χ0v) is 19.4. The Kier molecular flexibility index (Phi) is 6.07. The number of hydrogen-bond acceptors (Lipinski definition) is 4. The lowest BCUT2D eigenvalue weighted by Crippen LogP contribution is -2.46. The van der Waals surface area contributed by atoms with Gasteiger partial charge in [0, 0.05) is 38.9 Å². The number of piperazine rings is 1. The van der Waals surface area contributed by atoms with Crippen LogP contribution in [0.4, 0.5) is 5.82 Å². The number of amides is 1. The molecule has 2 aromatic rings. The highest BCUT2D eigenvalue weighted by Crippen LogP contribution is 2.48. The summed E-state index contributed by atoms with van der Waals surface area (Å²) in [5.41, 5.74) is 3.26. The summed E-state index contributed by atoms with van der Waals surface area (Å²) < 4.78 is 0. The van der Waals surface area contributed by atoms with Crippen molar-refractivity contribution in [3.63, 3.8) is 0 Å². The minimum Gasteiger partial charge on any atom is -0.354 e. The number of pyridine rings is 1. The molecule has 0 bridgehead atoms. The van der Waals surface area contributed by atoms with Crippen LogP contribution in [0.15, 0.2) is 42.6 Å². The number of carbonyl (C=O) groups is 1. The maximum atomic E-state index is 13.0. The fourth-order valence-corrected chi connectivity index (χ4v) is 4.41. The van der Waals surface area contributed by atoms with Crippen molar-refractivity contribution in [2.45, 2.75) is 57.9 Å². The summed E-state index contributed by atoms with van der Waals surface area (Å²) in [4.78, 5) is 22.5. The maximum Gasteiger partial charge on any atom is 0.230 e. The van der Waals surface area contributed by atoms with E-state index in [2.05, 4.69) is 84.2 Å². The van der Waals surface area contributed by atoms with E-state index in [0.29, 0.717) is 6.54 Å². The zero-order valence-electron chi connectivity index (χ0n) is 19.4. The van der Waals surface area contributed by atoms with Gasteiger partial charge in [0.2, 0.25) is 5.91 Å². The third kappa shape index (κ3) is 4.77. The Morgan fingerprint density at radius 2 is 1.71 bits per heavy atom. The molecule has 2 heterocycles. The average molecular weight is 421 g/mol. The van der Waals surface area contributed by atoms with Crippen LogP contribution in [0.2, 0.25) is 0 Å². The van der Waals surface area contributed by atoms with Crippen molar-refractivity contribution in [1.29, 1.82) is 0 Å². The molecule has 1 N–H and O–H groups in total. The predicted octanol–water partition coefficient (Wildman–Crippen LogP) is 3.87. The summed E-state index contributed by atoms with van der Waals surface area (Å²) in [5, 5.41) is 3.16. The van der Waals surface area contributed by atoms with Crippen LogP contribution < -0.4 is 10.2 Å². The lowest BCUT2D eigenvalue weighted by molar-refractivity contribution is -0.123. The second kappa shape index (κ2) is 8.62. The molecule has 0 atom stereocenters. The molecule has 2 aliphatic rings. The summed E-state index contributed by atoms with van der Waals surface area (Å²) in [6.07, 6.45) is 3.75. The van der Waals surface area contributed by atoms with Crippen molar-refractivity contribution in [3.8, 4) is 0 Å². The summed E-state index contributed by atoms with van der Waals surface area (Å²) in [7, 11) is 0. The highest BCUT2D eigenvalue weighted by atomic mass is 16.2. The van der Waals surface area contributed by atoms with Gasteiger partial charge >= 0.3 is 0 Å². The number of nitrogens with one attached hydrogen (secondary N) is 1. The molecule has 2 fully saturated rings. The topological polar surface area (TPSA) is 48.5 Å². The van der Waals surface area contributed by atoms with Crippen LogP contribution in [0.5, 0.6) is 0 Å². The van der Waals surface area contributed by atoms with Gasteiger partial charge in [0.05, 0.1) is 5.41 Å². The Hall–Kier alpha value is -2.40. The number of likely N-dealkylation sites (N-methyl/N-ethyl adjacent to an activating group) is 1. The summed E-state index contributed by atoms with van der Waals surface area (Å²) in [6, 6.07) is 12.8. The SMILES string of the molecule is CCN1CCN(c2ccc(CNC(=O)C3(c4ccc(C(C)(C)C)cc4)CC3)cn2)CC1. The second-order valence-electron chi connectivity index (χ2n) is 10.0. The molecule has 1 aromatic carbocycles. The number of anilines is 1. The highest BCUT2D eigenvalue weighted by molar-refractivity contribution is 5.91. The second-order valence-corrected chi connectivity index (χ2v) is 10.0. The molecule has 1 amide bonds. The first-order valence-electron chi connectivity index (χ1n) is 11.6. The Morgan fingerprint density at radius 1 is 1.03 bits per heavy atom. The number of aromatic nitrogens is 1. The molecule has 0 unspecified atom stereocenters. The first-order chi connectivity index (χ1) is 14.8. The van der Waals surface area contributed by atoms with Gasteiger partial charge in [0.15, 0.2) is 0 Å². The molecule has 31 heavy (non-hydrogen) atoms. The number of benzene rings is 1. The molecule has 5 nitrogen and oxygen atoms in total. The van der Waals surface area contributed by atoms with Crippen molar-refractivity contribution in [2.75, 3.05) is 37.6 Å². The summed E-state index contributed by atoms with van der Waals surface area (Å²) >= 11 is 0. The summed E-state index contributed by atoms with van der Waals surface area (Å²) in [6.45, 7) is 14.7. The molecule has 1 saturated carbocycles. The molecular weight excluding hydrogens is 384 g/mol. The third-order valence-electron chi connectivity index (χ3n) is 6.89. The van der Waals surface area contributed by atoms with E-state index in [-0.39, 0.29) is 16.7 Å². The molecule has 5 heteroatoms. The molecule has 1 aliphatic carbocycles. The van der Waals surface area contributed by atoms with Crippen molar-refractivity contribution >= 4 is 11.7 Å². The molecule has 1 aromatic heterocycles. The smallest absolute Gasteiger partial charge is 0.230 e. The van der Waals surface area contributed by atoms with Crippen LogP contribution in [0.3, 0.4) is 0 Å². The lowest BCUT2D eigenvalue weighted by atomic mass is 9.85. The molecular formula is C26H36N4O. The van der Waals surface area contributed by atoms with Crippen molar-refractivity contribution in [2.24, 2.45) is 0 Å². The van der Waals surface area contributed by atoms with Gasteiger partial charge < -0.3 is 15.1 Å². The van der Waals surface area contributed by atoms with E-state index in [9.17, 15) is 4.79 Å². The van der Waals surface area contributed by atoms with Gasteiger partial charge in [-0.15, -0.1) is 0 Å². The van der Waals surface area contributed by atoms with Crippen LogP contribution in [0, 0.1) is 0 Å². The van der Waals surface area contributed by atoms with Crippen LogP contribution >= 0.6 is 0 Å². The van der Waals surface area contributed by atoms with Crippen LogP contribution in [0.1, 0.15) is 57.2 Å². The Balaban J connectivity index is 1.33. The normalized spacial score (nSPS) is 18.6. The minimum atomic E-state index is -0.345. The molecule has 166 valence electrons. The van der Waals surface area contributed by atoms with E-state index in [1.807, 2.05) is 6.20 Å². The first kappa shape index (κ1) is 21.8. The fourth-order valence-electron chi connectivity index (χ4n) is 4.41. The standard InChI is InChI=1S/C26H36N4O/c1-5-29-14-16-30(17-15-29)23-11-6-20(18-27-23)19-28-24(31)26(12-13-26)22-9-7-21(8-10-22)25(2,3)4/h6-11,18H,5,12-17,19H2,1-4H3,(H,28,31). The zero-order chi connectivity index (χ0) is 22.1. The van der Waals surface area contributed by atoms with Gasteiger partial charge in [-0.25, -0.2) is 4.98 Å². The van der Waals surface area contributed by atoms with Crippen LogP contribution in [-0.2, 0) is 22.2 Å². The van der Waals surface area contributed by atoms with E-state index in [4.69, 9.17) is 0 Å². The molecule has 0 radical (unpaired) electrons. The van der Waals surface area contributed by atoms with E-state index in [1.165, 1.54) is 5.56 Å². The van der Waals surface area contributed by atoms with E-state index >= 15 is 0 Å². The number of carbonyl (C=O) groups excluding carboxylic acids is 1. The van der Waals surface area contributed by atoms with E-state index in [0.717, 1.165) is 62.5 Å². The Bertz CT molecular complexity index is 886. The number of rotatable bonds is 6. The van der Waals surface area contributed by atoms with Crippen LogP contribution in [-0.4, -0.2) is 48.5 Å². The minimum absolute atomic E-state index is 0.125. The number of nitrogens with zero attached hydrogens (tertiary/aromatic N) is 3. The lowest BCUT2D eigenvalue weighted by Gasteiger charge is -2.34. The first-order valence-corrected chi connectivity index (χ1v) is 11.6. The van der Waals surface area contributed by atoms with Crippen molar-refractivity contribution in [1.82, 2.24) is 15.2 Å². The van der Waals surface area contributed by atoms with E-state index < -0.39 is 0 Å². The van der Waals surface area contributed by atoms with Gasteiger partial charge in [-0.1, -0.05) is 58.0 Å². The van der Waals surface area contributed by atoms with Crippen molar-refractivity contribution < 1.29 is 4.79 Å². The summed E-state index contributed by atoms with van der Waals surface area (Å²) in [5.74, 6) is 1.17. The Labute approximate surface area is 186 Å². The Morgan fingerprint density at radius 3 is 2.23 bits per heavy atom. The fraction of sp³-hybridized carbons (Fsp3) is 0.538. The monoisotopic (exact) mass is 420 g/mol. The van der Waals surface area contributed by atoms with E-state index in [1.54, 1.807) is 0 Å². The molecule has 1 saturated heterocycles. The van der Waals surface area contributed by atoms with Gasteiger partial charge in [-0.3, -0.25) is 4.79 Å². The van der Waals surface area contributed by atoms with Gasteiger partial charge in [0.25, 0.3) is 0 Å².